The van der Waals surface area contributed by atoms with Crippen molar-refractivity contribution in [2.45, 2.75) is 65.1 Å². The molecule has 3 aliphatic rings. The third-order valence-electron chi connectivity index (χ3n) is 7.53. The van der Waals surface area contributed by atoms with Crippen molar-refractivity contribution in [3.63, 3.8) is 0 Å². The molecule has 3 nitrogen and oxygen atoms in total. The molecule has 0 aromatic heterocycles. The molecule has 0 saturated heterocycles. The van der Waals surface area contributed by atoms with Gasteiger partial charge in [-0.05, 0) is 67.8 Å². The second-order valence-corrected chi connectivity index (χ2v) is 8.83. The molecular weight excluding hydrogens is 288 g/mol. The molecule has 0 aliphatic heterocycles. The number of aliphatic hydroxyl groups is 3. The Morgan fingerprint density at radius 2 is 2.00 bits per heavy atom. The van der Waals surface area contributed by atoms with Gasteiger partial charge < -0.3 is 15.3 Å². The van der Waals surface area contributed by atoms with Crippen LogP contribution in [0, 0.1) is 28.6 Å². The average Bonchev–Trinajstić information content (AvgIpc) is 2.77. The second-order valence-electron chi connectivity index (χ2n) is 8.83. The average molecular weight is 320 g/mol. The van der Waals surface area contributed by atoms with Crippen molar-refractivity contribution in [1.29, 1.82) is 0 Å². The highest BCUT2D eigenvalue weighted by atomic mass is 16.3. The smallest absolute Gasteiger partial charge is 0.0804 e. The van der Waals surface area contributed by atoms with Crippen molar-refractivity contribution in [1.82, 2.24) is 0 Å². The molecule has 0 radical (unpaired) electrons. The van der Waals surface area contributed by atoms with E-state index in [0.717, 1.165) is 37.7 Å². The van der Waals surface area contributed by atoms with E-state index in [4.69, 9.17) is 0 Å². The van der Waals surface area contributed by atoms with Crippen LogP contribution in [0.2, 0.25) is 0 Å². The zero-order chi connectivity index (χ0) is 17.0. The van der Waals surface area contributed by atoms with Gasteiger partial charge in [0, 0.05) is 5.41 Å². The maximum atomic E-state index is 11.0. The molecule has 0 bridgehead atoms. The zero-order valence-corrected chi connectivity index (χ0v) is 14.8. The van der Waals surface area contributed by atoms with Crippen LogP contribution in [0.15, 0.2) is 23.8 Å². The predicted molar refractivity (Wildman–Crippen MR) is 91.8 cm³/mol. The minimum absolute atomic E-state index is 0.0447. The molecule has 2 saturated carbocycles. The van der Waals surface area contributed by atoms with Crippen LogP contribution in [-0.4, -0.2) is 34.1 Å². The number of rotatable bonds is 2. The quantitative estimate of drug-likeness (QED) is 0.685. The number of hydrogen-bond donors (Lipinski definition) is 3. The van der Waals surface area contributed by atoms with Crippen LogP contribution in [0.1, 0.15) is 52.9 Å². The number of allylic oxidation sites excluding steroid dienone is 1. The summed E-state index contributed by atoms with van der Waals surface area (Å²) in [5.41, 5.74) is 1.74. The largest absolute Gasteiger partial charge is 0.392 e. The Labute approximate surface area is 140 Å². The van der Waals surface area contributed by atoms with Gasteiger partial charge in [0.05, 0.1) is 18.8 Å². The fourth-order valence-corrected chi connectivity index (χ4v) is 6.01. The van der Waals surface area contributed by atoms with Gasteiger partial charge in [0.1, 0.15) is 0 Å². The Kier molecular flexibility index (Phi) is 4.27. The van der Waals surface area contributed by atoms with E-state index in [1.165, 1.54) is 5.57 Å². The third-order valence-corrected chi connectivity index (χ3v) is 7.53. The van der Waals surface area contributed by atoms with Crippen LogP contribution in [0.25, 0.3) is 0 Å². The van der Waals surface area contributed by atoms with E-state index in [0.29, 0.717) is 11.8 Å². The SMILES string of the molecule is C=C(CO)[C@H]1CC[C@]2(C)C[C@H](O)[C@@]3(C)[C@H](O)C=C(C)CC[C@@H]3[C@H]12. The monoisotopic (exact) mass is 320 g/mol. The van der Waals surface area contributed by atoms with E-state index in [9.17, 15) is 15.3 Å². The minimum atomic E-state index is -0.599. The first-order valence-electron chi connectivity index (χ1n) is 9.06. The van der Waals surface area contributed by atoms with E-state index in [1.807, 2.05) is 6.08 Å². The normalized spacial score (nSPS) is 49.8. The Bertz CT molecular complexity index is 525. The lowest BCUT2D eigenvalue weighted by Crippen LogP contribution is -2.58. The Hall–Kier alpha value is -0.640. The molecule has 0 aromatic rings. The maximum Gasteiger partial charge on any atom is 0.0804 e. The fraction of sp³-hybridized carbons (Fsp3) is 0.800. The summed E-state index contributed by atoms with van der Waals surface area (Å²) >= 11 is 0. The lowest BCUT2D eigenvalue weighted by atomic mass is 9.49. The fourth-order valence-electron chi connectivity index (χ4n) is 6.01. The molecule has 3 rings (SSSR count). The minimum Gasteiger partial charge on any atom is -0.392 e. The van der Waals surface area contributed by atoms with Crippen molar-refractivity contribution < 1.29 is 15.3 Å². The summed E-state index contributed by atoms with van der Waals surface area (Å²) in [4.78, 5) is 0. The summed E-state index contributed by atoms with van der Waals surface area (Å²) < 4.78 is 0. The summed E-state index contributed by atoms with van der Waals surface area (Å²) in [5.74, 6) is 0.965. The standard InChI is InChI=1S/C20H32O3/c1-12-5-6-15-18-14(13(2)11-21)7-8-19(18,3)10-17(23)20(15,4)16(22)9-12/h9,14-18,21-23H,2,5-8,10-11H2,1,3-4H3/t14-,15-,16-,17+,18+,19-,20-/m1/s1. The zero-order valence-electron chi connectivity index (χ0n) is 14.8. The molecule has 0 heterocycles. The van der Waals surface area contributed by atoms with Crippen molar-refractivity contribution in [2.24, 2.45) is 28.6 Å². The van der Waals surface area contributed by atoms with Gasteiger partial charge in [-0.2, -0.15) is 0 Å². The van der Waals surface area contributed by atoms with Crippen LogP contribution in [0.5, 0.6) is 0 Å². The van der Waals surface area contributed by atoms with Gasteiger partial charge in [-0.15, -0.1) is 0 Å². The lowest BCUT2D eigenvalue weighted by molar-refractivity contribution is -0.162. The molecule has 3 aliphatic carbocycles. The molecule has 0 aromatic carbocycles. The van der Waals surface area contributed by atoms with Gasteiger partial charge in [-0.1, -0.05) is 32.1 Å². The van der Waals surface area contributed by atoms with Gasteiger partial charge in [0.2, 0.25) is 0 Å². The number of fused-ring (bicyclic) bond motifs is 3. The Balaban J connectivity index is 2.05. The van der Waals surface area contributed by atoms with E-state index in [2.05, 4.69) is 27.4 Å². The van der Waals surface area contributed by atoms with Gasteiger partial charge in [-0.25, -0.2) is 0 Å². The first-order chi connectivity index (χ1) is 10.7. The van der Waals surface area contributed by atoms with Crippen LogP contribution in [0.4, 0.5) is 0 Å². The molecule has 3 N–H and O–H groups in total. The van der Waals surface area contributed by atoms with Gasteiger partial charge in [0.15, 0.2) is 0 Å². The first-order valence-corrected chi connectivity index (χ1v) is 9.06. The molecule has 130 valence electrons. The van der Waals surface area contributed by atoms with Crippen molar-refractivity contribution >= 4 is 0 Å². The summed E-state index contributed by atoms with van der Waals surface area (Å²) in [6, 6.07) is 0. The molecule has 0 amide bonds. The molecule has 0 unspecified atom stereocenters. The van der Waals surface area contributed by atoms with Gasteiger partial charge >= 0.3 is 0 Å². The number of hydrogen-bond acceptors (Lipinski definition) is 3. The molecule has 7 atom stereocenters. The van der Waals surface area contributed by atoms with E-state index < -0.39 is 17.6 Å². The topological polar surface area (TPSA) is 60.7 Å². The highest BCUT2D eigenvalue weighted by Crippen LogP contribution is 2.65. The van der Waals surface area contributed by atoms with Crippen molar-refractivity contribution in [3.8, 4) is 0 Å². The molecular formula is C20H32O3. The van der Waals surface area contributed by atoms with Crippen LogP contribution < -0.4 is 0 Å². The molecule has 23 heavy (non-hydrogen) atoms. The Morgan fingerprint density at radius 1 is 1.30 bits per heavy atom. The van der Waals surface area contributed by atoms with E-state index in [-0.39, 0.29) is 17.9 Å². The van der Waals surface area contributed by atoms with Crippen molar-refractivity contribution in [2.75, 3.05) is 6.61 Å². The van der Waals surface area contributed by atoms with Gasteiger partial charge in [-0.3, -0.25) is 0 Å². The third kappa shape index (κ3) is 2.43. The maximum absolute atomic E-state index is 11.0. The van der Waals surface area contributed by atoms with Gasteiger partial charge in [0.25, 0.3) is 0 Å². The summed E-state index contributed by atoms with van der Waals surface area (Å²) in [5, 5.41) is 31.5. The number of aliphatic hydroxyl groups excluding tert-OH is 3. The summed E-state index contributed by atoms with van der Waals surface area (Å²) in [6.07, 6.45) is 5.72. The van der Waals surface area contributed by atoms with E-state index in [1.54, 1.807) is 0 Å². The summed E-state index contributed by atoms with van der Waals surface area (Å²) in [7, 11) is 0. The highest BCUT2D eigenvalue weighted by molar-refractivity contribution is 5.21. The lowest BCUT2D eigenvalue weighted by Gasteiger charge is -2.57. The van der Waals surface area contributed by atoms with E-state index >= 15 is 0 Å². The predicted octanol–water partition coefficient (Wildman–Crippen LogP) is 3.06. The van der Waals surface area contributed by atoms with Crippen molar-refractivity contribution in [3.05, 3.63) is 23.8 Å². The molecule has 0 spiro atoms. The van der Waals surface area contributed by atoms with Crippen LogP contribution in [-0.2, 0) is 0 Å². The molecule has 3 heteroatoms. The summed E-state index contributed by atoms with van der Waals surface area (Å²) in [6.45, 7) is 10.6. The highest BCUT2D eigenvalue weighted by Gasteiger charge is 2.62. The van der Waals surface area contributed by atoms with Crippen LogP contribution >= 0.6 is 0 Å². The Morgan fingerprint density at radius 3 is 2.65 bits per heavy atom. The molecule has 2 fully saturated rings. The first kappa shape index (κ1) is 17.2. The second kappa shape index (κ2) is 5.72. The van der Waals surface area contributed by atoms with Crippen LogP contribution in [0.3, 0.4) is 0 Å².